The number of carbonyl (C=O) groups excluding carboxylic acids is 1. The highest BCUT2D eigenvalue weighted by Crippen LogP contribution is 2.25. The highest BCUT2D eigenvalue weighted by atomic mass is 35.5. The van der Waals surface area contributed by atoms with E-state index in [4.69, 9.17) is 17.4 Å². The van der Waals surface area contributed by atoms with Gasteiger partial charge in [0, 0.05) is 34.2 Å². The molecule has 0 fully saturated rings. The molecule has 21 heavy (non-hydrogen) atoms. The molecule has 0 unspecified atom stereocenters. The maximum atomic E-state index is 11.8. The summed E-state index contributed by atoms with van der Waals surface area (Å²) < 4.78 is 2.06. The molecule has 0 aliphatic heterocycles. The second-order valence-electron chi connectivity index (χ2n) is 4.75. The minimum Gasteiger partial charge on any atom is -0.343 e. The number of hydrogen-bond acceptors (Lipinski definition) is 2. The standard InChI is InChI=1S/C16H14ClN3O/c17-14-6-3-7-15-13(14)8-9-20(15)10-11-4-1-2-5-12(11)16(21)19-18/h1-9H,10,18H2,(H,19,21). The number of rotatable bonds is 3. The van der Waals surface area contributed by atoms with Crippen LogP contribution in [0.25, 0.3) is 10.9 Å². The van der Waals surface area contributed by atoms with E-state index in [0.29, 0.717) is 12.1 Å². The first-order chi connectivity index (χ1) is 10.2. The molecule has 0 atom stereocenters. The zero-order chi connectivity index (χ0) is 14.8. The van der Waals surface area contributed by atoms with E-state index in [1.54, 1.807) is 6.07 Å². The van der Waals surface area contributed by atoms with Crippen LogP contribution >= 0.6 is 11.6 Å². The van der Waals surface area contributed by atoms with Crippen LogP contribution in [0.4, 0.5) is 0 Å². The predicted molar refractivity (Wildman–Crippen MR) is 84.1 cm³/mol. The van der Waals surface area contributed by atoms with E-state index in [9.17, 15) is 4.79 Å². The van der Waals surface area contributed by atoms with Crippen molar-refractivity contribution in [3.05, 3.63) is 70.9 Å². The average Bonchev–Trinajstić information content (AvgIpc) is 2.92. The Morgan fingerprint density at radius 2 is 1.95 bits per heavy atom. The number of nitrogens with one attached hydrogen (secondary N) is 1. The Labute approximate surface area is 127 Å². The number of benzene rings is 2. The van der Waals surface area contributed by atoms with E-state index in [1.165, 1.54) is 0 Å². The van der Waals surface area contributed by atoms with Crippen LogP contribution in [0.1, 0.15) is 15.9 Å². The third kappa shape index (κ3) is 2.51. The predicted octanol–water partition coefficient (Wildman–Crippen LogP) is 2.95. The van der Waals surface area contributed by atoms with Crippen molar-refractivity contribution in [3.8, 4) is 0 Å². The van der Waals surface area contributed by atoms with Gasteiger partial charge in [0.25, 0.3) is 5.91 Å². The van der Waals surface area contributed by atoms with Gasteiger partial charge >= 0.3 is 0 Å². The van der Waals surface area contributed by atoms with Crippen molar-refractivity contribution in [1.82, 2.24) is 9.99 Å². The van der Waals surface area contributed by atoms with E-state index in [-0.39, 0.29) is 5.91 Å². The highest BCUT2D eigenvalue weighted by molar-refractivity contribution is 6.35. The molecule has 0 bridgehead atoms. The Bertz CT molecular complexity index is 810. The number of fused-ring (bicyclic) bond motifs is 1. The lowest BCUT2D eigenvalue weighted by molar-refractivity contribution is 0.0952. The SMILES string of the molecule is NNC(=O)c1ccccc1Cn1ccc2c(Cl)cccc21. The quantitative estimate of drug-likeness (QED) is 0.444. The third-order valence-corrected chi connectivity index (χ3v) is 3.82. The first kappa shape index (κ1) is 13.7. The van der Waals surface area contributed by atoms with Gasteiger partial charge < -0.3 is 4.57 Å². The molecule has 1 aromatic heterocycles. The monoisotopic (exact) mass is 299 g/mol. The van der Waals surface area contributed by atoms with Crippen LogP contribution in [0.3, 0.4) is 0 Å². The minimum absolute atomic E-state index is 0.292. The first-order valence-electron chi connectivity index (χ1n) is 6.53. The van der Waals surface area contributed by atoms with Crippen molar-refractivity contribution in [2.24, 2.45) is 5.84 Å². The van der Waals surface area contributed by atoms with Gasteiger partial charge in [-0.15, -0.1) is 0 Å². The number of aromatic nitrogens is 1. The average molecular weight is 300 g/mol. The van der Waals surface area contributed by atoms with Gasteiger partial charge in [0.15, 0.2) is 0 Å². The first-order valence-corrected chi connectivity index (χ1v) is 6.90. The fourth-order valence-corrected chi connectivity index (χ4v) is 2.70. The van der Waals surface area contributed by atoms with E-state index in [2.05, 4.69) is 9.99 Å². The molecular formula is C16H14ClN3O. The smallest absolute Gasteiger partial charge is 0.265 e. The van der Waals surface area contributed by atoms with Gasteiger partial charge in [-0.1, -0.05) is 35.9 Å². The van der Waals surface area contributed by atoms with Crippen LogP contribution in [-0.4, -0.2) is 10.5 Å². The molecule has 0 aliphatic rings. The lowest BCUT2D eigenvalue weighted by Crippen LogP contribution is -2.31. The Morgan fingerprint density at radius 1 is 1.14 bits per heavy atom. The van der Waals surface area contributed by atoms with Crippen LogP contribution in [0, 0.1) is 0 Å². The summed E-state index contributed by atoms with van der Waals surface area (Å²) >= 11 is 6.18. The van der Waals surface area contributed by atoms with Crippen molar-refractivity contribution >= 4 is 28.4 Å². The molecule has 1 amide bonds. The van der Waals surface area contributed by atoms with E-state index in [1.807, 2.05) is 48.7 Å². The number of carbonyl (C=O) groups is 1. The number of hydrogen-bond donors (Lipinski definition) is 2. The van der Waals surface area contributed by atoms with Gasteiger partial charge in [-0.25, -0.2) is 5.84 Å². The molecule has 0 spiro atoms. The Kier molecular flexibility index (Phi) is 3.64. The van der Waals surface area contributed by atoms with Crippen molar-refractivity contribution < 1.29 is 4.79 Å². The Hall–Kier alpha value is -2.30. The van der Waals surface area contributed by atoms with Crippen molar-refractivity contribution in [2.45, 2.75) is 6.54 Å². The van der Waals surface area contributed by atoms with Crippen LogP contribution < -0.4 is 11.3 Å². The summed E-state index contributed by atoms with van der Waals surface area (Å²) in [5, 5.41) is 1.72. The Balaban J connectivity index is 2.04. The number of nitrogen functional groups attached to an aromatic ring is 1. The van der Waals surface area contributed by atoms with Gasteiger partial charge in [0.05, 0.1) is 0 Å². The maximum Gasteiger partial charge on any atom is 0.265 e. The van der Waals surface area contributed by atoms with E-state index >= 15 is 0 Å². The van der Waals surface area contributed by atoms with E-state index < -0.39 is 0 Å². The largest absolute Gasteiger partial charge is 0.343 e. The summed E-state index contributed by atoms with van der Waals surface area (Å²) in [6, 6.07) is 15.2. The van der Waals surface area contributed by atoms with Crippen LogP contribution in [-0.2, 0) is 6.54 Å². The van der Waals surface area contributed by atoms with E-state index in [0.717, 1.165) is 21.5 Å². The summed E-state index contributed by atoms with van der Waals surface area (Å²) in [5.74, 6) is 4.94. The van der Waals surface area contributed by atoms with Gasteiger partial charge in [-0.05, 0) is 29.8 Å². The lowest BCUT2D eigenvalue weighted by atomic mass is 10.1. The topological polar surface area (TPSA) is 60.0 Å². The molecule has 0 saturated carbocycles. The number of hydrazine groups is 1. The van der Waals surface area contributed by atoms with Gasteiger partial charge in [0.2, 0.25) is 0 Å². The summed E-state index contributed by atoms with van der Waals surface area (Å²) in [5.41, 5.74) is 4.68. The van der Waals surface area contributed by atoms with Gasteiger partial charge in [0.1, 0.15) is 0 Å². The third-order valence-electron chi connectivity index (χ3n) is 3.49. The van der Waals surface area contributed by atoms with Gasteiger partial charge in [-0.3, -0.25) is 10.2 Å². The Morgan fingerprint density at radius 3 is 2.76 bits per heavy atom. The highest BCUT2D eigenvalue weighted by Gasteiger charge is 2.11. The molecule has 106 valence electrons. The fraction of sp³-hybridized carbons (Fsp3) is 0.0625. The summed E-state index contributed by atoms with van der Waals surface area (Å²) in [6.45, 7) is 0.577. The summed E-state index contributed by atoms with van der Waals surface area (Å²) in [4.78, 5) is 11.8. The summed E-state index contributed by atoms with van der Waals surface area (Å²) in [7, 11) is 0. The van der Waals surface area contributed by atoms with Crippen LogP contribution in [0.15, 0.2) is 54.7 Å². The van der Waals surface area contributed by atoms with Crippen LogP contribution in [0.2, 0.25) is 5.02 Å². The van der Waals surface area contributed by atoms with Crippen molar-refractivity contribution in [3.63, 3.8) is 0 Å². The normalized spacial score (nSPS) is 10.8. The molecular weight excluding hydrogens is 286 g/mol. The van der Waals surface area contributed by atoms with Crippen molar-refractivity contribution in [1.29, 1.82) is 0 Å². The van der Waals surface area contributed by atoms with Crippen LogP contribution in [0.5, 0.6) is 0 Å². The second-order valence-corrected chi connectivity index (χ2v) is 5.15. The van der Waals surface area contributed by atoms with Gasteiger partial charge in [-0.2, -0.15) is 0 Å². The number of halogens is 1. The number of nitrogens with zero attached hydrogens (tertiary/aromatic N) is 1. The fourth-order valence-electron chi connectivity index (χ4n) is 2.46. The molecule has 2 aromatic carbocycles. The molecule has 0 saturated heterocycles. The zero-order valence-electron chi connectivity index (χ0n) is 11.2. The maximum absolute atomic E-state index is 11.8. The number of amides is 1. The molecule has 0 aliphatic carbocycles. The molecule has 4 nitrogen and oxygen atoms in total. The molecule has 3 aromatic rings. The minimum atomic E-state index is -0.292. The lowest BCUT2D eigenvalue weighted by Gasteiger charge is -2.10. The molecule has 1 heterocycles. The molecule has 5 heteroatoms. The van der Waals surface area contributed by atoms with Crippen molar-refractivity contribution in [2.75, 3.05) is 0 Å². The zero-order valence-corrected chi connectivity index (χ0v) is 12.0. The number of nitrogens with two attached hydrogens (primary N) is 1. The summed E-state index contributed by atoms with van der Waals surface area (Å²) in [6.07, 6.45) is 1.97. The molecule has 3 rings (SSSR count). The molecule has 0 radical (unpaired) electrons. The second kappa shape index (κ2) is 5.60. The molecule has 3 N–H and O–H groups in total.